The van der Waals surface area contributed by atoms with Crippen LogP contribution in [0.1, 0.15) is 32.4 Å². The summed E-state index contributed by atoms with van der Waals surface area (Å²) in [5, 5.41) is 8.87. The molecule has 6 nitrogen and oxygen atoms in total. The van der Waals surface area contributed by atoms with Crippen molar-refractivity contribution in [2.24, 2.45) is 5.10 Å². The van der Waals surface area contributed by atoms with Crippen LogP contribution in [0.15, 0.2) is 33.8 Å². The summed E-state index contributed by atoms with van der Waals surface area (Å²) < 4.78 is 17.1. The Labute approximate surface area is 152 Å². The first-order valence-electron chi connectivity index (χ1n) is 8.53. The summed E-state index contributed by atoms with van der Waals surface area (Å²) in [5.41, 5.74) is 4.29. The molecule has 1 aromatic carbocycles. The van der Waals surface area contributed by atoms with Crippen molar-refractivity contribution in [3.05, 3.63) is 30.0 Å². The molecule has 0 amide bonds. The van der Waals surface area contributed by atoms with Crippen molar-refractivity contribution in [3.8, 4) is 5.75 Å². The largest absolute Gasteiger partial charge is 0.490 e. The Hall–Kier alpha value is -2.12. The molecular formula is C18H23N3O3S. The smallest absolute Gasteiger partial charge is 0.187 e. The van der Waals surface area contributed by atoms with Crippen LogP contribution in [0, 0.1) is 0 Å². The lowest BCUT2D eigenvalue weighted by Gasteiger charge is -2.12. The Morgan fingerprint density at radius 1 is 1.44 bits per heavy atom. The monoisotopic (exact) mass is 361 g/mol. The van der Waals surface area contributed by atoms with Gasteiger partial charge < -0.3 is 19.2 Å². The van der Waals surface area contributed by atoms with E-state index in [1.807, 2.05) is 38.1 Å². The number of para-hydroxylation sites is 1. The van der Waals surface area contributed by atoms with Crippen LogP contribution < -0.4 is 15.5 Å². The zero-order valence-electron chi connectivity index (χ0n) is 14.5. The Kier molecular flexibility index (Phi) is 5.88. The molecule has 1 atom stereocenters. The Morgan fingerprint density at radius 3 is 3.08 bits per heavy atom. The van der Waals surface area contributed by atoms with Gasteiger partial charge in [0, 0.05) is 18.5 Å². The molecular weight excluding hydrogens is 338 g/mol. The minimum Gasteiger partial charge on any atom is -0.490 e. The summed E-state index contributed by atoms with van der Waals surface area (Å²) in [6, 6.07) is 7.77. The maximum atomic E-state index is 5.91. The van der Waals surface area contributed by atoms with Crippen molar-refractivity contribution < 1.29 is 13.9 Å². The van der Waals surface area contributed by atoms with E-state index in [9.17, 15) is 0 Å². The fraction of sp³-hybridized carbons (Fsp3) is 0.444. The highest BCUT2D eigenvalue weighted by Gasteiger charge is 2.15. The fourth-order valence-corrected chi connectivity index (χ4v) is 2.85. The van der Waals surface area contributed by atoms with Gasteiger partial charge >= 0.3 is 0 Å². The molecule has 0 saturated carbocycles. The molecule has 0 bridgehead atoms. The van der Waals surface area contributed by atoms with Crippen LogP contribution in [0.25, 0.3) is 11.0 Å². The summed E-state index contributed by atoms with van der Waals surface area (Å²) in [5.74, 6) is 1.41. The fourth-order valence-electron chi connectivity index (χ4n) is 2.72. The number of rotatable bonds is 6. The molecule has 1 aliphatic heterocycles. The van der Waals surface area contributed by atoms with Gasteiger partial charge in [-0.25, -0.2) is 0 Å². The molecule has 2 aromatic rings. The summed E-state index contributed by atoms with van der Waals surface area (Å²) in [6.45, 7) is 5.94. The van der Waals surface area contributed by atoms with Gasteiger partial charge in [-0.15, -0.1) is 0 Å². The van der Waals surface area contributed by atoms with Gasteiger partial charge in [-0.2, -0.15) is 5.10 Å². The third kappa shape index (κ3) is 4.49. The zero-order chi connectivity index (χ0) is 17.6. The summed E-state index contributed by atoms with van der Waals surface area (Å²) in [7, 11) is 0. The molecule has 1 saturated heterocycles. The van der Waals surface area contributed by atoms with Gasteiger partial charge in [0.25, 0.3) is 0 Å². The van der Waals surface area contributed by atoms with Crippen molar-refractivity contribution >= 4 is 34.0 Å². The lowest BCUT2D eigenvalue weighted by Crippen LogP contribution is -2.37. The molecule has 0 radical (unpaired) electrons. The van der Waals surface area contributed by atoms with E-state index in [1.54, 1.807) is 0 Å². The van der Waals surface area contributed by atoms with E-state index >= 15 is 0 Å². The van der Waals surface area contributed by atoms with Crippen LogP contribution in [0.5, 0.6) is 5.75 Å². The Balaban J connectivity index is 1.62. The summed E-state index contributed by atoms with van der Waals surface area (Å²) in [6.07, 6.45) is 2.41. The predicted octanol–water partition coefficient (Wildman–Crippen LogP) is 3.20. The average molecular weight is 361 g/mol. The van der Waals surface area contributed by atoms with Crippen molar-refractivity contribution in [2.75, 3.05) is 19.8 Å². The summed E-state index contributed by atoms with van der Waals surface area (Å²) in [4.78, 5) is 0. The van der Waals surface area contributed by atoms with Crippen LogP contribution in [-0.2, 0) is 4.74 Å². The molecule has 3 rings (SSSR count). The summed E-state index contributed by atoms with van der Waals surface area (Å²) >= 11 is 5.24. The first-order chi connectivity index (χ1) is 12.2. The van der Waals surface area contributed by atoms with E-state index in [2.05, 4.69) is 15.8 Å². The topological polar surface area (TPSA) is 68.0 Å². The molecule has 0 aliphatic carbocycles. The second-order valence-corrected chi connectivity index (χ2v) is 6.28. The first-order valence-corrected chi connectivity index (χ1v) is 8.93. The van der Waals surface area contributed by atoms with Gasteiger partial charge in [0.1, 0.15) is 5.71 Å². The molecule has 25 heavy (non-hydrogen) atoms. The zero-order valence-corrected chi connectivity index (χ0v) is 15.3. The van der Waals surface area contributed by atoms with E-state index in [1.165, 1.54) is 0 Å². The van der Waals surface area contributed by atoms with Crippen LogP contribution in [0.3, 0.4) is 0 Å². The lowest BCUT2D eigenvalue weighted by molar-refractivity contribution is 0.114. The Bertz CT molecular complexity index is 766. The molecule has 1 fully saturated rings. The number of hydrazone groups is 1. The van der Waals surface area contributed by atoms with E-state index in [0.717, 1.165) is 36.2 Å². The number of hydrogen-bond acceptors (Lipinski definition) is 5. The van der Waals surface area contributed by atoms with Crippen molar-refractivity contribution in [2.45, 2.75) is 32.8 Å². The van der Waals surface area contributed by atoms with Crippen LogP contribution >= 0.6 is 12.2 Å². The molecule has 2 heterocycles. The molecule has 1 aromatic heterocycles. The maximum absolute atomic E-state index is 5.91. The number of nitrogens with one attached hydrogen (secondary N) is 2. The number of hydrogen-bond donors (Lipinski definition) is 2. The van der Waals surface area contributed by atoms with E-state index in [-0.39, 0.29) is 6.10 Å². The van der Waals surface area contributed by atoms with Gasteiger partial charge in [0.2, 0.25) is 0 Å². The van der Waals surface area contributed by atoms with Gasteiger partial charge in [-0.1, -0.05) is 12.1 Å². The maximum Gasteiger partial charge on any atom is 0.187 e. The predicted molar refractivity (Wildman–Crippen MR) is 102 cm³/mol. The first kappa shape index (κ1) is 17.7. The molecule has 0 spiro atoms. The highest BCUT2D eigenvalue weighted by Crippen LogP contribution is 2.29. The van der Waals surface area contributed by atoms with Crippen LogP contribution in [0.4, 0.5) is 0 Å². The van der Waals surface area contributed by atoms with Gasteiger partial charge in [-0.05, 0) is 51.0 Å². The van der Waals surface area contributed by atoms with Crippen molar-refractivity contribution in [3.63, 3.8) is 0 Å². The third-order valence-corrected chi connectivity index (χ3v) is 4.24. The van der Waals surface area contributed by atoms with Crippen LogP contribution in [0.2, 0.25) is 0 Å². The Morgan fingerprint density at radius 2 is 2.32 bits per heavy atom. The highest BCUT2D eigenvalue weighted by atomic mass is 32.1. The van der Waals surface area contributed by atoms with E-state index in [4.69, 9.17) is 26.1 Å². The number of fused-ring (bicyclic) bond motifs is 1. The molecule has 1 aliphatic rings. The number of nitrogens with zero attached hydrogens (tertiary/aromatic N) is 1. The van der Waals surface area contributed by atoms with Crippen molar-refractivity contribution in [1.29, 1.82) is 0 Å². The average Bonchev–Trinajstić information content (AvgIpc) is 3.28. The lowest BCUT2D eigenvalue weighted by atomic mass is 10.2. The van der Waals surface area contributed by atoms with Crippen LogP contribution in [-0.4, -0.2) is 36.7 Å². The molecule has 7 heteroatoms. The minimum atomic E-state index is 0.234. The van der Waals surface area contributed by atoms with Gasteiger partial charge in [0.05, 0.1) is 12.7 Å². The van der Waals surface area contributed by atoms with Gasteiger partial charge in [-0.3, -0.25) is 5.43 Å². The number of thiocarbonyl (C=S) groups is 1. The third-order valence-electron chi connectivity index (χ3n) is 4.00. The number of ether oxygens (including phenoxy) is 2. The van der Waals surface area contributed by atoms with E-state index in [0.29, 0.717) is 29.7 Å². The van der Waals surface area contributed by atoms with Gasteiger partial charge in [0.15, 0.2) is 22.2 Å². The normalized spacial score (nSPS) is 17.7. The van der Waals surface area contributed by atoms with Crippen molar-refractivity contribution in [1.82, 2.24) is 10.7 Å². The molecule has 2 N–H and O–H groups in total. The standard InChI is InChI=1S/C18H23N3O3S/c1-3-22-15-8-4-6-13-10-16(24-17(13)15)12(2)20-21-18(25)19-11-14-7-5-9-23-14/h4,6,8,10,14H,3,5,7,9,11H2,1-2H3,(H2,19,21,25)/b20-12-/t14-/m0/s1. The second kappa shape index (κ2) is 8.31. The highest BCUT2D eigenvalue weighted by molar-refractivity contribution is 7.80. The SMILES string of the molecule is CCOc1cccc2cc(/C(C)=N\NC(=S)NC[C@@H]3CCCO3)oc12. The molecule has 0 unspecified atom stereocenters. The minimum absolute atomic E-state index is 0.234. The second-order valence-electron chi connectivity index (χ2n) is 5.87. The quantitative estimate of drug-likeness (QED) is 0.468. The van der Waals surface area contributed by atoms with E-state index < -0.39 is 0 Å². The molecule has 134 valence electrons. The number of benzene rings is 1. The number of furan rings is 1.